The molecule has 0 radical (unpaired) electrons. The number of hydrogen-bond acceptors (Lipinski definition) is 3. The molecule has 0 aliphatic carbocycles. The summed E-state index contributed by atoms with van der Waals surface area (Å²) in [6.45, 7) is 2.96. The summed E-state index contributed by atoms with van der Waals surface area (Å²) < 4.78 is 5.55. The zero-order chi connectivity index (χ0) is 10.9. The second-order valence-electron chi connectivity index (χ2n) is 3.68. The lowest BCUT2D eigenvalue weighted by Gasteiger charge is -2.07. The van der Waals surface area contributed by atoms with Crippen LogP contribution in [0, 0.1) is 0 Å². The average Bonchev–Trinajstić information content (AvgIpc) is 2.25. The maximum Gasteiger partial charge on any atom is 0.145 e. The zero-order valence-corrected chi connectivity index (χ0v) is 9.41. The Morgan fingerprint density at radius 1 is 1.27 bits per heavy atom. The van der Waals surface area contributed by atoms with Crippen LogP contribution >= 0.6 is 0 Å². The molecule has 0 fully saturated rings. The monoisotopic (exact) mass is 208 g/mol. The van der Waals surface area contributed by atoms with Gasteiger partial charge in [-0.25, -0.2) is 0 Å². The van der Waals surface area contributed by atoms with Crippen LogP contribution in [0.1, 0.15) is 39.0 Å². The maximum absolute atomic E-state index is 5.70. The van der Waals surface area contributed by atoms with E-state index < -0.39 is 0 Å². The lowest BCUT2D eigenvalue weighted by Crippen LogP contribution is -2.00. The Hall–Kier alpha value is -1.25. The molecule has 0 saturated carbocycles. The number of aromatic nitrogens is 1. The number of anilines is 1. The minimum Gasteiger partial charge on any atom is -0.491 e. The summed E-state index contributed by atoms with van der Waals surface area (Å²) in [5.74, 6) is 0.750. The van der Waals surface area contributed by atoms with Crippen molar-refractivity contribution in [2.45, 2.75) is 39.0 Å². The van der Waals surface area contributed by atoms with Gasteiger partial charge in [0.05, 0.1) is 18.5 Å². The van der Waals surface area contributed by atoms with E-state index in [2.05, 4.69) is 11.9 Å². The summed E-state index contributed by atoms with van der Waals surface area (Å²) in [7, 11) is 0. The second-order valence-corrected chi connectivity index (χ2v) is 3.68. The molecule has 0 atom stereocenters. The Labute approximate surface area is 91.7 Å². The summed E-state index contributed by atoms with van der Waals surface area (Å²) in [6.07, 6.45) is 9.54. The highest BCUT2D eigenvalue weighted by Crippen LogP contribution is 2.18. The number of nitrogen functional groups attached to an aromatic ring is 1. The van der Waals surface area contributed by atoms with Crippen LogP contribution in [0.5, 0.6) is 5.75 Å². The van der Waals surface area contributed by atoms with Crippen molar-refractivity contribution in [1.82, 2.24) is 4.98 Å². The van der Waals surface area contributed by atoms with Gasteiger partial charge in [-0.1, -0.05) is 32.6 Å². The van der Waals surface area contributed by atoms with Crippen LogP contribution < -0.4 is 10.5 Å². The van der Waals surface area contributed by atoms with Gasteiger partial charge in [0.2, 0.25) is 0 Å². The Balaban J connectivity index is 2.12. The van der Waals surface area contributed by atoms with Crippen molar-refractivity contribution in [3.05, 3.63) is 18.5 Å². The highest BCUT2D eigenvalue weighted by Gasteiger charge is 1.98. The third-order valence-corrected chi connectivity index (χ3v) is 2.32. The minimum absolute atomic E-state index is 0.617. The number of ether oxygens (including phenoxy) is 1. The summed E-state index contributed by atoms with van der Waals surface area (Å²) in [6, 6.07) is 1.81. The highest BCUT2D eigenvalue weighted by molar-refractivity contribution is 5.49. The molecule has 0 aliphatic rings. The van der Waals surface area contributed by atoms with Gasteiger partial charge in [-0.3, -0.25) is 4.98 Å². The predicted molar refractivity (Wildman–Crippen MR) is 62.9 cm³/mol. The summed E-state index contributed by atoms with van der Waals surface area (Å²) >= 11 is 0. The van der Waals surface area contributed by atoms with Crippen molar-refractivity contribution in [3.8, 4) is 5.75 Å². The number of nitrogens with zero attached hydrogens (tertiary/aromatic N) is 1. The van der Waals surface area contributed by atoms with E-state index in [4.69, 9.17) is 10.5 Å². The molecular formula is C12H20N2O. The van der Waals surface area contributed by atoms with E-state index >= 15 is 0 Å². The van der Waals surface area contributed by atoms with Crippen LogP contribution in [-0.4, -0.2) is 11.6 Å². The van der Waals surface area contributed by atoms with Crippen LogP contribution in [-0.2, 0) is 0 Å². The van der Waals surface area contributed by atoms with E-state index in [9.17, 15) is 0 Å². The first-order chi connectivity index (χ1) is 7.34. The molecule has 3 nitrogen and oxygen atoms in total. The van der Waals surface area contributed by atoms with Gasteiger partial charge in [-0.15, -0.1) is 0 Å². The van der Waals surface area contributed by atoms with Crippen molar-refractivity contribution >= 4 is 5.69 Å². The fraction of sp³-hybridized carbons (Fsp3) is 0.583. The van der Waals surface area contributed by atoms with Gasteiger partial charge in [-0.2, -0.15) is 0 Å². The third kappa shape index (κ3) is 4.68. The molecule has 1 aromatic heterocycles. The Morgan fingerprint density at radius 2 is 2.07 bits per heavy atom. The van der Waals surface area contributed by atoms with Crippen LogP contribution in [0.2, 0.25) is 0 Å². The number of rotatable bonds is 7. The van der Waals surface area contributed by atoms with Crippen molar-refractivity contribution in [2.75, 3.05) is 12.3 Å². The van der Waals surface area contributed by atoms with Gasteiger partial charge < -0.3 is 10.5 Å². The van der Waals surface area contributed by atoms with Crippen molar-refractivity contribution in [1.29, 1.82) is 0 Å². The van der Waals surface area contributed by atoms with Crippen LogP contribution in [0.4, 0.5) is 5.69 Å². The third-order valence-electron chi connectivity index (χ3n) is 2.32. The smallest absolute Gasteiger partial charge is 0.145 e. The molecular weight excluding hydrogens is 188 g/mol. The SMILES string of the molecule is CCCCCCCOc1ccncc1N. The van der Waals surface area contributed by atoms with E-state index in [-0.39, 0.29) is 0 Å². The molecule has 2 N–H and O–H groups in total. The maximum atomic E-state index is 5.70. The molecule has 1 rings (SSSR count). The predicted octanol–water partition coefficient (Wildman–Crippen LogP) is 3.01. The quantitative estimate of drug-likeness (QED) is 0.701. The van der Waals surface area contributed by atoms with E-state index in [0.29, 0.717) is 5.69 Å². The van der Waals surface area contributed by atoms with Gasteiger partial charge in [-0.05, 0) is 6.42 Å². The Kier molecular flexibility index (Phi) is 5.59. The van der Waals surface area contributed by atoms with E-state index in [1.807, 2.05) is 0 Å². The zero-order valence-electron chi connectivity index (χ0n) is 9.41. The first kappa shape index (κ1) is 11.8. The summed E-state index contributed by atoms with van der Waals surface area (Å²) in [5.41, 5.74) is 6.31. The fourth-order valence-electron chi connectivity index (χ4n) is 1.41. The largest absolute Gasteiger partial charge is 0.491 e. The van der Waals surface area contributed by atoms with Gasteiger partial charge in [0.25, 0.3) is 0 Å². The normalized spacial score (nSPS) is 10.2. The van der Waals surface area contributed by atoms with Gasteiger partial charge in [0.15, 0.2) is 0 Å². The molecule has 84 valence electrons. The van der Waals surface area contributed by atoms with Gasteiger partial charge in [0.1, 0.15) is 5.75 Å². The van der Waals surface area contributed by atoms with Gasteiger partial charge in [0, 0.05) is 12.3 Å². The van der Waals surface area contributed by atoms with E-state index in [0.717, 1.165) is 18.8 Å². The topological polar surface area (TPSA) is 48.1 Å². The molecule has 0 unspecified atom stereocenters. The summed E-state index contributed by atoms with van der Waals surface area (Å²) in [5, 5.41) is 0. The highest BCUT2D eigenvalue weighted by atomic mass is 16.5. The molecule has 15 heavy (non-hydrogen) atoms. The van der Waals surface area contributed by atoms with Crippen LogP contribution in [0.15, 0.2) is 18.5 Å². The number of nitrogens with two attached hydrogens (primary N) is 1. The molecule has 0 bridgehead atoms. The molecule has 0 spiro atoms. The molecule has 0 aliphatic heterocycles. The van der Waals surface area contributed by atoms with Gasteiger partial charge >= 0.3 is 0 Å². The van der Waals surface area contributed by atoms with Crippen molar-refractivity contribution in [3.63, 3.8) is 0 Å². The standard InChI is InChI=1S/C12H20N2O/c1-2-3-4-5-6-9-15-12-7-8-14-10-11(12)13/h7-8,10H,2-6,9,13H2,1H3. The number of hydrogen-bond donors (Lipinski definition) is 1. The molecule has 0 amide bonds. The van der Waals surface area contributed by atoms with E-state index in [1.165, 1.54) is 25.7 Å². The first-order valence-corrected chi connectivity index (χ1v) is 5.67. The average molecular weight is 208 g/mol. The second kappa shape index (κ2) is 7.10. The fourth-order valence-corrected chi connectivity index (χ4v) is 1.41. The van der Waals surface area contributed by atoms with Crippen LogP contribution in [0.3, 0.4) is 0 Å². The molecule has 1 heterocycles. The molecule has 0 saturated heterocycles. The van der Waals surface area contributed by atoms with Crippen LogP contribution in [0.25, 0.3) is 0 Å². The Bertz CT molecular complexity index is 276. The molecule has 3 heteroatoms. The number of unbranched alkanes of at least 4 members (excludes halogenated alkanes) is 4. The van der Waals surface area contributed by atoms with Crippen molar-refractivity contribution < 1.29 is 4.74 Å². The molecule has 0 aromatic carbocycles. The summed E-state index contributed by atoms with van der Waals surface area (Å²) in [4.78, 5) is 3.91. The molecule has 1 aromatic rings. The lowest BCUT2D eigenvalue weighted by molar-refractivity contribution is 0.306. The van der Waals surface area contributed by atoms with Crippen molar-refractivity contribution in [2.24, 2.45) is 0 Å². The van der Waals surface area contributed by atoms with E-state index in [1.54, 1.807) is 18.5 Å². The Morgan fingerprint density at radius 3 is 2.80 bits per heavy atom. The number of pyridine rings is 1. The first-order valence-electron chi connectivity index (χ1n) is 5.67. The lowest BCUT2D eigenvalue weighted by atomic mass is 10.2. The minimum atomic E-state index is 0.617.